The Morgan fingerprint density at radius 3 is 2.44 bits per heavy atom. The van der Waals surface area contributed by atoms with E-state index in [0.717, 1.165) is 19.4 Å². The van der Waals surface area contributed by atoms with Crippen molar-refractivity contribution in [2.45, 2.75) is 65.7 Å². The summed E-state index contributed by atoms with van der Waals surface area (Å²) in [5, 5.41) is 3.12. The lowest BCUT2D eigenvalue weighted by Crippen LogP contribution is -2.41. The van der Waals surface area contributed by atoms with E-state index in [2.05, 4.69) is 26.1 Å². The number of carbonyl (C=O) groups excluding carboxylic acids is 1. The van der Waals surface area contributed by atoms with Crippen LogP contribution in [0.3, 0.4) is 0 Å². The number of hydrogen-bond donors (Lipinski definition) is 2. The molecule has 1 aliphatic carbocycles. The van der Waals surface area contributed by atoms with Crippen LogP contribution in [0.25, 0.3) is 0 Å². The Morgan fingerprint density at radius 2 is 2.00 bits per heavy atom. The molecule has 1 amide bonds. The second-order valence-corrected chi connectivity index (χ2v) is 6.69. The predicted octanol–water partition coefficient (Wildman–Crippen LogP) is 2.84. The molecule has 0 aromatic carbocycles. The fourth-order valence-corrected chi connectivity index (χ4v) is 2.67. The van der Waals surface area contributed by atoms with E-state index >= 15 is 0 Å². The number of rotatable bonds is 8. The zero-order valence-corrected chi connectivity index (χ0v) is 12.3. The van der Waals surface area contributed by atoms with Crippen LogP contribution in [0.15, 0.2) is 0 Å². The molecule has 18 heavy (non-hydrogen) atoms. The molecule has 3 N–H and O–H groups in total. The number of nitrogens with one attached hydrogen (secondary N) is 1. The summed E-state index contributed by atoms with van der Waals surface area (Å²) in [7, 11) is 0. The highest BCUT2D eigenvalue weighted by molar-refractivity contribution is 5.75. The van der Waals surface area contributed by atoms with Crippen molar-refractivity contribution in [3.63, 3.8) is 0 Å². The van der Waals surface area contributed by atoms with Gasteiger partial charge in [-0.1, -0.05) is 27.2 Å². The molecular formula is C15H30N2O. The molecule has 3 nitrogen and oxygen atoms in total. The molecule has 0 unspecified atom stereocenters. The van der Waals surface area contributed by atoms with Crippen LogP contribution in [-0.2, 0) is 4.79 Å². The average Bonchev–Trinajstić information content (AvgIpc) is 2.26. The van der Waals surface area contributed by atoms with Crippen molar-refractivity contribution in [3.8, 4) is 0 Å². The monoisotopic (exact) mass is 254 g/mol. The van der Waals surface area contributed by atoms with Gasteiger partial charge in [0.1, 0.15) is 0 Å². The number of carbonyl (C=O) groups is 1. The summed E-state index contributed by atoms with van der Waals surface area (Å²) in [5.74, 6) is 0.208. The largest absolute Gasteiger partial charge is 0.356 e. The van der Waals surface area contributed by atoms with E-state index in [9.17, 15) is 4.79 Å². The normalized spacial score (nSPS) is 18.2. The number of hydrogen-bond acceptors (Lipinski definition) is 2. The molecule has 0 bridgehead atoms. The Bertz CT molecular complexity index is 264. The molecule has 0 aromatic heterocycles. The van der Waals surface area contributed by atoms with Gasteiger partial charge in [-0.05, 0) is 49.5 Å². The van der Waals surface area contributed by atoms with E-state index in [1.807, 2.05) is 0 Å². The van der Waals surface area contributed by atoms with E-state index in [4.69, 9.17) is 5.73 Å². The molecule has 1 aliphatic rings. The highest BCUT2D eigenvalue weighted by atomic mass is 16.1. The first kappa shape index (κ1) is 15.5. The van der Waals surface area contributed by atoms with Gasteiger partial charge in [0.25, 0.3) is 0 Å². The lowest BCUT2D eigenvalue weighted by atomic mass is 9.67. The molecule has 0 aliphatic heterocycles. The van der Waals surface area contributed by atoms with Gasteiger partial charge in [-0.15, -0.1) is 0 Å². The van der Waals surface area contributed by atoms with E-state index in [0.29, 0.717) is 18.4 Å². The highest BCUT2D eigenvalue weighted by Gasteiger charge is 2.35. The summed E-state index contributed by atoms with van der Waals surface area (Å²) in [6.45, 7) is 8.18. The molecule has 0 atom stereocenters. The van der Waals surface area contributed by atoms with Crippen molar-refractivity contribution >= 4 is 5.91 Å². The van der Waals surface area contributed by atoms with E-state index < -0.39 is 0 Å². The van der Waals surface area contributed by atoms with Crippen LogP contribution in [0, 0.1) is 10.8 Å². The van der Waals surface area contributed by atoms with Gasteiger partial charge in [0.05, 0.1) is 0 Å². The topological polar surface area (TPSA) is 55.1 Å². The van der Waals surface area contributed by atoms with E-state index in [1.165, 1.54) is 25.7 Å². The van der Waals surface area contributed by atoms with Crippen LogP contribution in [0.1, 0.15) is 65.7 Å². The lowest BCUT2D eigenvalue weighted by Gasteiger charge is -2.41. The first-order valence-corrected chi connectivity index (χ1v) is 7.40. The van der Waals surface area contributed by atoms with Gasteiger partial charge in [-0.3, -0.25) is 4.79 Å². The van der Waals surface area contributed by atoms with Gasteiger partial charge >= 0.3 is 0 Å². The molecule has 0 radical (unpaired) electrons. The maximum Gasteiger partial charge on any atom is 0.220 e. The summed E-state index contributed by atoms with van der Waals surface area (Å²) < 4.78 is 0. The van der Waals surface area contributed by atoms with Gasteiger partial charge in [0.15, 0.2) is 0 Å². The lowest BCUT2D eigenvalue weighted by molar-refractivity contribution is -0.122. The molecule has 0 aromatic rings. The van der Waals surface area contributed by atoms with Gasteiger partial charge in [0, 0.05) is 13.0 Å². The summed E-state index contributed by atoms with van der Waals surface area (Å²) >= 11 is 0. The van der Waals surface area contributed by atoms with Crippen LogP contribution in [0.5, 0.6) is 0 Å². The molecule has 0 saturated heterocycles. The van der Waals surface area contributed by atoms with Crippen LogP contribution < -0.4 is 11.1 Å². The summed E-state index contributed by atoms with van der Waals surface area (Å²) in [4.78, 5) is 11.9. The number of nitrogens with two attached hydrogens (primary N) is 1. The van der Waals surface area contributed by atoms with E-state index in [1.54, 1.807) is 0 Å². The molecule has 0 heterocycles. The Hall–Kier alpha value is -0.570. The maximum atomic E-state index is 11.9. The zero-order valence-electron chi connectivity index (χ0n) is 12.3. The molecule has 1 saturated carbocycles. The third-order valence-electron chi connectivity index (χ3n) is 4.67. The first-order valence-electron chi connectivity index (χ1n) is 7.40. The van der Waals surface area contributed by atoms with Gasteiger partial charge in [0.2, 0.25) is 5.91 Å². The highest BCUT2D eigenvalue weighted by Crippen LogP contribution is 2.43. The SMILES string of the molecule is CCC1(CNC(=O)CCC(C)(C)CCN)CCC1. The van der Waals surface area contributed by atoms with Crippen LogP contribution in [0.2, 0.25) is 0 Å². The predicted molar refractivity (Wildman–Crippen MR) is 76.3 cm³/mol. The average molecular weight is 254 g/mol. The van der Waals surface area contributed by atoms with Gasteiger partial charge < -0.3 is 11.1 Å². The molecule has 0 spiro atoms. The molecule has 1 rings (SSSR count). The van der Waals surface area contributed by atoms with Gasteiger partial charge in [-0.25, -0.2) is 0 Å². The quantitative estimate of drug-likeness (QED) is 0.700. The molecular weight excluding hydrogens is 224 g/mol. The molecule has 3 heteroatoms. The van der Waals surface area contributed by atoms with Crippen molar-refractivity contribution < 1.29 is 4.79 Å². The first-order chi connectivity index (χ1) is 8.43. The Labute approximate surface area is 112 Å². The Kier molecular flexibility index (Phi) is 5.64. The van der Waals surface area contributed by atoms with Crippen LogP contribution in [0.4, 0.5) is 0 Å². The maximum absolute atomic E-state index is 11.9. The van der Waals surface area contributed by atoms with Crippen molar-refractivity contribution in [2.75, 3.05) is 13.1 Å². The van der Waals surface area contributed by atoms with Crippen molar-refractivity contribution in [1.82, 2.24) is 5.32 Å². The van der Waals surface area contributed by atoms with Crippen molar-refractivity contribution in [2.24, 2.45) is 16.6 Å². The second kappa shape index (κ2) is 6.55. The van der Waals surface area contributed by atoms with Gasteiger partial charge in [-0.2, -0.15) is 0 Å². The van der Waals surface area contributed by atoms with Crippen molar-refractivity contribution in [1.29, 1.82) is 0 Å². The number of amides is 1. The fraction of sp³-hybridized carbons (Fsp3) is 0.933. The van der Waals surface area contributed by atoms with Crippen LogP contribution in [-0.4, -0.2) is 19.0 Å². The third kappa shape index (κ3) is 4.60. The minimum absolute atomic E-state index is 0.186. The Balaban J connectivity index is 2.21. The van der Waals surface area contributed by atoms with Crippen LogP contribution >= 0.6 is 0 Å². The summed E-state index contributed by atoms with van der Waals surface area (Å²) in [6.07, 6.45) is 7.62. The molecule has 1 fully saturated rings. The second-order valence-electron chi connectivity index (χ2n) is 6.69. The minimum atomic E-state index is 0.186. The van der Waals surface area contributed by atoms with Crippen molar-refractivity contribution in [3.05, 3.63) is 0 Å². The summed E-state index contributed by atoms with van der Waals surface area (Å²) in [5.41, 5.74) is 6.18. The third-order valence-corrected chi connectivity index (χ3v) is 4.67. The zero-order chi connectivity index (χ0) is 13.6. The molecule has 106 valence electrons. The minimum Gasteiger partial charge on any atom is -0.356 e. The Morgan fingerprint density at radius 1 is 1.33 bits per heavy atom. The summed E-state index contributed by atoms with van der Waals surface area (Å²) in [6, 6.07) is 0. The smallest absolute Gasteiger partial charge is 0.220 e. The van der Waals surface area contributed by atoms with E-state index in [-0.39, 0.29) is 11.3 Å². The fourth-order valence-electron chi connectivity index (χ4n) is 2.67. The standard InChI is InChI=1S/C15H30N2O/c1-4-15(7-5-8-15)12-17-13(18)6-9-14(2,3)10-11-16/h4-12,16H2,1-3H3,(H,17,18).